The van der Waals surface area contributed by atoms with Gasteiger partial charge >= 0.3 is 0 Å². The lowest BCUT2D eigenvalue weighted by atomic mass is 10.1. The standard InChI is InChI=1S/C19H23NO2/c1-14(2)22-18-8-6-5-7-17(18)19(21)20(4)13-16-11-9-15(3)10-12-16/h5-12,14H,13H2,1-4H3. The van der Waals surface area contributed by atoms with Crippen molar-refractivity contribution in [2.75, 3.05) is 7.05 Å². The number of para-hydroxylation sites is 1. The highest BCUT2D eigenvalue weighted by Gasteiger charge is 2.17. The Morgan fingerprint density at radius 3 is 2.36 bits per heavy atom. The number of hydrogen-bond acceptors (Lipinski definition) is 2. The van der Waals surface area contributed by atoms with Gasteiger partial charge in [-0.05, 0) is 38.5 Å². The van der Waals surface area contributed by atoms with E-state index < -0.39 is 0 Å². The Morgan fingerprint density at radius 2 is 1.73 bits per heavy atom. The fourth-order valence-electron chi connectivity index (χ4n) is 2.24. The third kappa shape index (κ3) is 4.10. The fraction of sp³-hybridized carbons (Fsp3) is 0.316. The molecule has 0 unspecified atom stereocenters. The van der Waals surface area contributed by atoms with Gasteiger partial charge in [0.2, 0.25) is 0 Å². The molecule has 0 aliphatic heterocycles. The van der Waals surface area contributed by atoms with Crippen LogP contribution in [0.2, 0.25) is 0 Å². The highest BCUT2D eigenvalue weighted by atomic mass is 16.5. The molecule has 0 heterocycles. The van der Waals surface area contributed by atoms with E-state index in [-0.39, 0.29) is 12.0 Å². The Bertz CT molecular complexity index is 632. The van der Waals surface area contributed by atoms with Crippen molar-refractivity contribution in [1.82, 2.24) is 4.90 Å². The maximum atomic E-state index is 12.7. The van der Waals surface area contributed by atoms with Gasteiger partial charge in [0.1, 0.15) is 5.75 Å². The van der Waals surface area contributed by atoms with Crippen LogP contribution in [0.5, 0.6) is 5.75 Å². The summed E-state index contributed by atoms with van der Waals surface area (Å²) < 4.78 is 5.74. The van der Waals surface area contributed by atoms with Crippen molar-refractivity contribution in [3.05, 3.63) is 65.2 Å². The number of rotatable bonds is 5. The summed E-state index contributed by atoms with van der Waals surface area (Å²) in [6.07, 6.45) is 0.0383. The second-order valence-electron chi connectivity index (χ2n) is 5.81. The number of aryl methyl sites for hydroxylation is 1. The quantitative estimate of drug-likeness (QED) is 0.833. The number of amides is 1. The monoisotopic (exact) mass is 297 g/mol. The molecule has 2 aromatic rings. The van der Waals surface area contributed by atoms with Crippen LogP contribution in [0.25, 0.3) is 0 Å². The summed E-state index contributed by atoms with van der Waals surface area (Å²) in [6, 6.07) is 15.6. The molecule has 0 spiro atoms. The van der Waals surface area contributed by atoms with E-state index in [9.17, 15) is 4.79 Å². The lowest BCUT2D eigenvalue weighted by Crippen LogP contribution is -2.27. The Kier molecular flexibility index (Phi) is 5.21. The molecule has 0 aliphatic rings. The van der Waals surface area contributed by atoms with Crippen LogP contribution in [0, 0.1) is 6.92 Å². The largest absolute Gasteiger partial charge is 0.490 e. The van der Waals surface area contributed by atoms with Crippen LogP contribution < -0.4 is 4.74 Å². The number of ether oxygens (including phenoxy) is 1. The van der Waals surface area contributed by atoms with Gasteiger partial charge in [-0.25, -0.2) is 0 Å². The Balaban J connectivity index is 2.15. The Hall–Kier alpha value is -2.29. The number of carbonyl (C=O) groups excluding carboxylic acids is 1. The van der Waals surface area contributed by atoms with Gasteiger partial charge in [0.05, 0.1) is 11.7 Å². The summed E-state index contributed by atoms with van der Waals surface area (Å²) in [5, 5.41) is 0. The molecular weight excluding hydrogens is 274 g/mol. The van der Waals surface area contributed by atoms with Gasteiger partial charge in [0.15, 0.2) is 0 Å². The van der Waals surface area contributed by atoms with Crippen molar-refractivity contribution >= 4 is 5.91 Å². The van der Waals surface area contributed by atoms with E-state index in [4.69, 9.17) is 4.74 Å². The molecule has 116 valence electrons. The van der Waals surface area contributed by atoms with Gasteiger partial charge in [0.25, 0.3) is 5.91 Å². The molecule has 2 aromatic carbocycles. The van der Waals surface area contributed by atoms with Gasteiger partial charge in [0, 0.05) is 13.6 Å². The summed E-state index contributed by atoms with van der Waals surface area (Å²) in [6.45, 7) is 6.54. The van der Waals surface area contributed by atoms with E-state index in [1.54, 1.807) is 4.90 Å². The summed E-state index contributed by atoms with van der Waals surface area (Å²) in [5.41, 5.74) is 2.93. The van der Waals surface area contributed by atoms with Crippen LogP contribution in [-0.2, 0) is 6.54 Å². The molecule has 3 heteroatoms. The normalized spacial score (nSPS) is 10.6. The van der Waals surface area contributed by atoms with Crippen LogP contribution in [0.4, 0.5) is 0 Å². The minimum Gasteiger partial charge on any atom is -0.490 e. The van der Waals surface area contributed by atoms with Crippen LogP contribution in [0.15, 0.2) is 48.5 Å². The number of carbonyl (C=O) groups is 1. The van der Waals surface area contributed by atoms with E-state index in [0.29, 0.717) is 17.9 Å². The summed E-state index contributed by atoms with van der Waals surface area (Å²) in [7, 11) is 1.81. The minimum absolute atomic E-state index is 0.0307. The topological polar surface area (TPSA) is 29.5 Å². The van der Waals surface area contributed by atoms with E-state index in [0.717, 1.165) is 5.56 Å². The van der Waals surface area contributed by atoms with Crippen LogP contribution in [0.3, 0.4) is 0 Å². The zero-order chi connectivity index (χ0) is 16.1. The van der Waals surface area contributed by atoms with E-state index >= 15 is 0 Å². The second kappa shape index (κ2) is 7.12. The fourth-order valence-corrected chi connectivity index (χ4v) is 2.24. The van der Waals surface area contributed by atoms with E-state index in [2.05, 4.69) is 31.2 Å². The van der Waals surface area contributed by atoms with Crippen molar-refractivity contribution < 1.29 is 9.53 Å². The van der Waals surface area contributed by atoms with Crippen LogP contribution in [-0.4, -0.2) is 24.0 Å². The first-order valence-electron chi connectivity index (χ1n) is 7.54. The molecule has 0 saturated carbocycles. The molecule has 1 amide bonds. The number of hydrogen-bond donors (Lipinski definition) is 0. The van der Waals surface area contributed by atoms with Crippen LogP contribution in [0.1, 0.15) is 35.3 Å². The summed E-state index contributed by atoms with van der Waals surface area (Å²) in [4.78, 5) is 14.4. The number of nitrogens with zero attached hydrogens (tertiary/aromatic N) is 1. The van der Waals surface area contributed by atoms with Crippen molar-refractivity contribution in [2.24, 2.45) is 0 Å². The predicted octanol–water partition coefficient (Wildman–Crippen LogP) is 4.05. The molecule has 2 rings (SSSR count). The molecule has 0 atom stereocenters. The highest BCUT2D eigenvalue weighted by Crippen LogP contribution is 2.21. The average Bonchev–Trinajstić information content (AvgIpc) is 2.49. The predicted molar refractivity (Wildman–Crippen MR) is 89.2 cm³/mol. The first kappa shape index (κ1) is 16.1. The maximum absolute atomic E-state index is 12.7. The Labute approximate surface area is 132 Å². The van der Waals surface area contributed by atoms with Gasteiger partial charge < -0.3 is 9.64 Å². The molecule has 0 aromatic heterocycles. The second-order valence-corrected chi connectivity index (χ2v) is 5.81. The average molecular weight is 297 g/mol. The first-order chi connectivity index (χ1) is 10.5. The molecule has 0 fully saturated rings. The zero-order valence-corrected chi connectivity index (χ0v) is 13.7. The van der Waals surface area contributed by atoms with Gasteiger partial charge in [-0.1, -0.05) is 42.0 Å². The molecule has 0 aliphatic carbocycles. The highest BCUT2D eigenvalue weighted by molar-refractivity contribution is 5.96. The maximum Gasteiger partial charge on any atom is 0.257 e. The Morgan fingerprint density at radius 1 is 1.09 bits per heavy atom. The molecular formula is C19H23NO2. The molecule has 0 saturated heterocycles. The molecule has 3 nitrogen and oxygen atoms in total. The van der Waals surface area contributed by atoms with Crippen molar-refractivity contribution in [3.8, 4) is 5.75 Å². The van der Waals surface area contributed by atoms with Crippen molar-refractivity contribution in [3.63, 3.8) is 0 Å². The van der Waals surface area contributed by atoms with E-state index in [1.165, 1.54) is 5.56 Å². The third-order valence-electron chi connectivity index (χ3n) is 3.37. The van der Waals surface area contributed by atoms with Crippen LogP contribution >= 0.6 is 0 Å². The van der Waals surface area contributed by atoms with Gasteiger partial charge in [-0.15, -0.1) is 0 Å². The number of benzene rings is 2. The molecule has 0 bridgehead atoms. The lowest BCUT2D eigenvalue weighted by Gasteiger charge is -2.20. The van der Waals surface area contributed by atoms with Crippen molar-refractivity contribution in [2.45, 2.75) is 33.4 Å². The smallest absolute Gasteiger partial charge is 0.257 e. The van der Waals surface area contributed by atoms with Crippen molar-refractivity contribution in [1.29, 1.82) is 0 Å². The minimum atomic E-state index is -0.0307. The third-order valence-corrected chi connectivity index (χ3v) is 3.37. The van der Waals surface area contributed by atoms with Gasteiger partial charge in [-0.3, -0.25) is 4.79 Å². The molecule has 0 N–H and O–H groups in total. The summed E-state index contributed by atoms with van der Waals surface area (Å²) in [5.74, 6) is 0.607. The lowest BCUT2D eigenvalue weighted by molar-refractivity contribution is 0.0779. The molecule has 22 heavy (non-hydrogen) atoms. The molecule has 0 radical (unpaired) electrons. The first-order valence-corrected chi connectivity index (χ1v) is 7.54. The summed E-state index contributed by atoms with van der Waals surface area (Å²) >= 11 is 0. The van der Waals surface area contributed by atoms with E-state index in [1.807, 2.05) is 45.2 Å². The zero-order valence-electron chi connectivity index (χ0n) is 13.7. The SMILES string of the molecule is Cc1ccc(CN(C)C(=O)c2ccccc2OC(C)C)cc1. The van der Waals surface area contributed by atoms with Gasteiger partial charge in [-0.2, -0.15) is 0 Å².